The van der Waals surface area contributed by atoms with Crippen LogP contribution in [0.15, 0.2) is 24.3 Å². The second kappa shape index (κ2) is 6.07. The summed E-state index contributed by atoms with van der Waals surface area (Å²) >= 11 is 1.27. The number of thioether (sulfide) groups is 1. The molecule has 1 heterocycles. The van der Waals surface area contributed by atoms with E-state index in [1.807, 2.05) is 32.2 Å². The van der Waals surface area contributed by atoms with Gasteiger partial charge in [0, 0.05) is 12.8 Å². The molecule has 1 aromatic carbocycles. The number of benzene rings is 1. The average molecular weight is 280 g/mol. The van der Waals surface area contributed by atoms with Gasteiger partial charge in [0.2, 0.25) is 0 Å². The van der Waals surface area contributed by atoms with Gasteiger partial charge in [0.1, 0.15) is 0 Å². The first-order chi connectivity index (χ1) is 8.98. The lowest BCUT2D eigenvalue weighted by atomic mass is 10.0. The van der Waals surface area contributed by atoms with E-state index in [1.165, 1.54) is 17.3 Å². The number of carbonyl (C=O) groups excluding carboxylic acids is 1. The van der Waals surface area contributed by atoms with Crippen molar-refractivity contribution in [2.45, 2.75) is 38.6 Å². The molecular weight excluding hydrogens is 260 g/mol. The van der Waals surface area contributed by atoms with Crippen molar-refractivity contribution in [1.29, 1.82) is 0 Å². The highest BCUT2D eigenvalue weighted by Crippen LogP contribution is 2.24. The van der Waals surface area contributed by atoms with Gasteiger partial charge in [0.05, 0.1) is 12.7 Å². The maximum Gasteiger partial charge on any atom is 0.193 e. The van der Waals surface area contributed by atoms with Crippen molar-refractivity contribution in [3.63, 3.8) is 0 Å². The standard InChI is InChI=1S/C15H20O3S/c1-15(2)17-10-13(18-15)8-11-4-6-12(7-5-11)9-14(16)19-3/h4-7,13H,8-10H2,1-3H3. The summed E-state index contributed by atoms with van der Waals surface area (Å²) < 4.78 is 11.3. The van der Waals surface area contributed by atoms with Crippen molar-refractivity contribution >= 4 is 16.9 Å². The summed E-state index contributed by atoms with van der Waals surface area (Å²) in [6.45, 7) is 4.51. The van der Waals surface area contributed by atoms with Crippen molar-refractivity contribution in [2.24, 2.45) is 0 Å². The first-order valence-corrected chi connectivity index (χ1v) is 7.67. The van der Waals surface area contributed by atoms with Gasteiger partial charge in [-0.15, -0.1) is 0 Å². The van der Waals surface area contributed by atoms with E-state index in [4.69, 9.17) is 9.47 Å². The first-order valence-electron chi connectivity index (χ1n) is 6.45. The number of carbonyl (C=O) groups is 1. The molecule has 0 radical (unpaired) electrons. The lowest BCUT2D eigenvalue weighted by molar-refractivity contribution is -0.138. The number of hydrogen-bond acceptors (Lipinski definition) is 4. The highest BCUT2D eigenvalue weighted by molar-refractivity contribution is 8.13. The topological polar surface area (TPSA) is 35.5 Å². The summed E-state index contributed by atoms with van der Waals surface area (Å²) in [4.78, 5) is 11.3. The molecule has 0 bridgehead atoms. The quantitative estimate of drug-likeness (QED) is 0.849. The van der Waals surface area contributed by atoms with E-state index in [1.54, 1.807) is 0 Å². The van der Waals surface area contributed by atoms with Crippen LogP contribution in [-0.4, -0.2) is 29.9 Å². The molecule has 1 aliphatic heterocycles. The summed E-state index contributed by atoms with van der Waals surface area (Å²) in [5.74, 6) is -0.463. The molecule has 2 rings (SSSR count). The molecule has 0 spiro atoms. The smallest absolute Gasteiger partial charge is 0.193 e. The van der Waals surface area contributed by atoms with Gasteiger partial charge < -0.3 is 9.47 Å². The van der Waals surface area contributed by atoms with Crippen molar-refractivity contribution in [1.82, 2.24) is 0 Å². The third-order valence-corrected chi connectivity index (χ3v) is 3.73. The Bertz CT molecular complexity index is 439. The summed E-state index contributed by atoms with van der Waals surface area (Å²) in [5.41, 5.74) is 2.28. The SMILES string of the molecule is CSC(=O)Cc1ccc(CC2COC(C)(C)O2)cc1. The van der Waals surface area contributed by atoms with Crippen LogP contribution < -0.4 is 0 Å². The van der Waals surface area contributed by atoms with E-state index in [0.717, 1.165) is 12.0 Å². The minimum absolute atomic E-state index is 0.119. The molecule has 0 saturated carbocycles. The normalized spacial score (nSPS) is 21.5. The fraction of sp³-hybridized carbons (Fsp3) is 0.533. The number of rotatable bonds is 4. The van der Waals surface area contributed by atoms with Crippen LogP contribution in [0.5, 0.6) is 0 Å². The van der Waals surface area contributed by atoms with Gasteiger partial charge in [0.15, 0.2) is 10.9 Å². The molecule has 0 aliphatic carbocycles. The molecule has 1 unspecified atom stereocenters. The Kier molecular flexibility index (Phi) is 4.66. The van der Waals surface area contributed by atoms with Crippen LogP contribution in [0, 0.1) is 0 Å². The van der Waals surface area contributed by atoms with Crippen molar-refractivity contribution in [2.75, 3.05) is 12.9 Å². The van der Waals surface area contributed by atoms with Gasteiger partial charge in [-0.05, 0) is 31.2 Å². The van der Waals surface area contributed by atoms with Crippen LogP contribution in [0.25, 0.3) is 0 Å². The molecule has 3 nitrogen and oxygen atoms in total. The molecule has 0 N–H and O–H groups in total. The molecule has 4 heteroatoms. The molecule has 1 aromatic rings. The third-order valence-electron chi connectivity index (χ3n) is 3.13. The second-order valence-electron chi connectivity index (χ2n) is 5.22. The molecule has 0 amide bonds. The number of ether oxygens (including phenoxy) is 2. The Morgan fingerprint density at radius 3 is 2.47 bits per heavy atom. The summed E-state index contributed by atoms with van der Waals surface area (Å²) in [6.07, 6.45) is 3.28. The first kappa shape index (κ1) is 14.6. The van der Waals surface area contributed by atoms with E-state index in [0.29, 0.717) is 13.0 Å². The Morgan fingerprint density at radius 2 is 1.95 bits per heavy atom. The lowest BCUT2D eigenvalue weighted by Gasteiger charge is -2.17. The molecule has 1 fully saturated rings. The van der Waals surface area contributed by atoms with Crippen LogP contribution in [-0.2, 0) is 27.1 Å². The van der Waals surface area contributed by atoms with Crippen LogP contribution in [0.3, 0.4) is 0 Å². The Balaban J connectivity index is 1.90. The van der Waals surface area contributed by atoms with Gasteiger partial charge in [-0.2, -0.15) is 0 Å². The fourth-order valence-electron chi connectivity index (χ4n) is 2.16. The minimum Gasteiger partial charge on any atom is -0.348 e. The van der Waals surface area contributed by atoms with Crippen LogP contribution in [0.1, 0.15) is 25.0 Å². The van der Waals surface area contributed by atoms with Gasteiger partial charge >= 0.3 is 0 Å². The molecule has 104 valence electrons. The Labute approximate surface area is 118 Å². The Hall–Kier alpha value is -0.840. The van der Waals surface area contributed by atoms with Gasteiger partial charge in [-0.25, -0.2) is 0 Å². The monoisotopic (exact) mass is 280 g/mol. The van der Waals surface area contributed by atoms with E-state index in [-0.39, 0.29) is 11.2 Å². The van der Waals surface area contributed by atoms with E-state index in [2.05, 4.69) is 12.1 Å². The zero-order chi connectivity index (χ0) is 13.9. The third kappa shape index (κ3) is 4.34. The van der Waals surface area contributed by atoms with E-state index in [9.17, 15) is 4.79 Å². The van der Waals surface area contributed by atoms with Crippen molar-refractivity contribution in [3.8, 4) is 0 Å². The zero-order valence-corrected chi connectivity index (χ0v) is 12.5. The average Bonchev–Trinajstić information content (AvgIpc) is 2.71. The van der Waals surface area contributed by atoms with E-state index >= 15 is 0 Å². The predicted octanol–water partition coefficient (Wildman–Crippen LogP) is 2.81. The maximum absolute atomic E-state index is 11.3. The van der Waals surface area contributed by atoms with Gasteiger partial charge in [-0.1, -0.05) is 36.0 Å². The summed E-state index contributed by atoms with van der Waals surface area (Å²) in [6, 6.07) is 8.17. The van der Waals surface area contributed by atoms with Crippen LogP contribution in [0.2, 0.25) is 0 Å². The molecule has 1 aliphatic rings. The van der Waals surface area contributed by atoms with E-state index < -0.39 is 5.79 Å². The highest BCUT2D eigenvalue weighted by Gasteiger charge is 2.32. The van der Waals surface area contributed by atoms with Crippen molar-refractivity contribution in [3.05, 3.63) is 35.4 Å². The summed E-state index contributed by atoms with van der Waals surface area (Å²) in [7, 11) is 0. The molecule has 19 heavy (non-hydrogen) atoms. The van der Waals surface area contributed by atoms with Gasteiger partial charge in [-0.3, -0.25) is 4.79 Å². The number of hydrogen-bond donors (Lipinski definition) is 0. The highest BCUT2D eigenvalue weighted by atomic mass is 32.2. The lowest BCUT2D eigenvalue weighted by Crippen LogP contribution is -2.22. The van der Waals surface area contributed by atoms with Gasteiger partial charge in [0.25, 0.3) is 0 Å². The zero-order valence-electron chi connectivity index (χ0n) is 11.6. The summed E-state index contributed by atoms with van der Waals surface area (Å²) in [5, 5.41) is 0.196. The van der Waals surface area contributed by atoms with Crippen LogP contribution >= 0.6 is 11.8 Å². The predicted molar refractivity (Wildman–Crippen MR) is 77.3 cm³/mol. The molecular formula is C15H20O3S. The second-order valence-corrected chi connectivity index (χ2v) is 6.09. The fourth-order valence-corrected chi connectivity index (χ4v) is 2.47. The minimum atomic E-state index is -0.463. The largest absolute Gasteiger partial charge is 0.348 e. The Morgan fingerprint density at radius 1 is 1.32 bits per heavy atom. The molecule has 1 saturated heterocycles. The molecule has 1 atom stereocenters. The van der Waals surface area contributed by atoms with Crippen LogP contribution in [0.4, 0.5) is 0 Å². The molecule has 0 aromatic heterocycles. The van der Waals surface area contributed by atoms with Crippen molar-refractivity contribution < 1.29 is 14.3 Å². The maximum atomic E-state index is 11.3.